The number of esters is 1. The van der Waals surface area contributed by atoms with Crippen LogP contribution in [0, 0.1) is 20.8 Å². The molecule has 0 saturated carbocycles. The number of hydrogen-bond donors (Lipinski definition) is 0. The van der Waals surface area contributed by atoms with E-state index >= 15 is 0 Å². The maximum Gasteiger partial charge on any atom is 0.339 e. The fourth-order valence-electron chi connectivity index (χ4n) is 1.76. The molecule has 0 aromatic carbocycles. The maximum absolute atomic E-state index is 11.8. The molecule has 0 amide bonds. The Hall–Kier alpha value is -2.24. The van der Waals surface area contributed by atoms with Gasteiger partial charge in [-0.25, -0.2) is 4.79 Å². The van der Waals surface area contributed by atoms with Crippen molar-refractivity contribution in [2.45, 2.75) is 27.7 Å². The number of carbonyl (C=O) groups is 1. The minimum absolute atomic E-state index is 0.321. The highest BCUT2D eigenvalue weighted by atomic mass is 16.5. The van der Waals surface area contributed by atoms with Gasteiger partial charge in [0.2, 0.25) is 11.8 Å². The number of rotatable bonds is 3. The smallest absolute Gasteiger partial charge is 0.339 e. The number of ether oxygens (including phenoxy) is 1. The molecule has 19 heavy (non-hydrogen) atoms. The summed E-state index contributed by atoms with van der Waals surface area (Å²) in [5.41, 5.74) is 2.41. The predicted molar refractivity (Wildman–Crippen MR) is 67.7 cm³/mol. The standard InChI is InChI=1S/C13H15N3O3/c1-5-18-13(17)11-6-10(7(2)14-8(11)3)12-16-15-9(4)19-12/h6H,5H2,1-4H3. The van der Waals surface area contributed by atoms with Crippen molar-refractivity contribution in [3.8, 4) is 11.5 Å². The van der Waals surface area contributed by atoms with Crippen LogP contribution in [0.3, 0.4) is 0 Å². The molecule has 2 rings (SSSR count). The summed E-state index contributed by atoms with van der Waals surface area (Å²) in [4.78, 5) is 16.2. The summed E-state index contributed by atoms with van der Waals surface area (Å²) < 4.78 is 10.4. The Morgan fingerprint density at radius 3 is 2.58 bits per heavy atom. The zero-order valence-electron chi connectivity index (χ0n) is 11.4. The Kier molecular flexibility index (Phi) is 3.59. The summed E-state index contributed by atoms with van der Waals surface area (Å²) in [5.74, 6) is 0.422. The van der Waals surface area contributed by atoms with E-state index in [1.165, 1.54) is 0 Å². The molecule has 0 radical (unpaired) electrons. The predicted octanol–water partition coefficient (Wildman–Crippen LogP) is 2.23. The van der Waals surface area contributed by atoms with E-state index in [0.29, 0.717) is 35.2 Å². The second-order valence-electron chi connectivity index (χ2n) is 4.10. The number of hydrogen-bond acceptors (Lipinski definition) is 6. The highest BCUT2D eigenvalue weighted by Gasteiger charge is 2.17. The molecular weight excluding hydrogens is 246 g/mol. The van der Waals surface area contributed by atoms with Crippen LogP contribution in [0.15, 0.2) is 10.5 Å². The molecule has 6 nitrogen and oxygen atoms in total. The van der Waals surface area contributed by atoms with Gasteiger partial charge in [-0.05, 0) is 26.8 Å². The lowest BCUT2D eigenvalue weighted by Gasteiger charge is -2.08. The number of pyridine rings is 1. The van der Waals surface area contributed by atoms with Gasteiger partial charge in [-0.1, -0.05) is 0 Å². The molecule has 0 unspecified atom stereocenters. The molecule has 0 atom stereocenters. The monoisotopic (exact) mass is 261 g/mol. The largest absolute Gasteiger partial charge is 0.462 e. The summed E-state index contributed by atoms with van der Waals surface area (Å²) in [6, 6.07) is 1.68. The van der Waals surface area contributed by atoms with Crippen molar-refractivity contribution >= 4 is 5.97 Å². The van der Waals surface area contributed by atoms with Crippen LogP contribution >= 0.6 is 0 Å². The van der Waals surface area contributed by atoms with Crippen molar-refractivity contribution < 1.29 is 13.9 Å². The zero-order chi connectivity index (χ0) is 14.0. The van der Waals surface area contributed by atoms with Crippen molar-refractivity contribution in [1.82, 2.24) is 15.2 Å². The fraction of sp³-hybridized carbons (Fsp3) is 0.385. The van der Waals surface area contributed by atoms with Gasteiger partial charge in [0, 0.05) is 6.92 Å². The molecule has 0 fully saturated rings. The zero-order valence-corrected chi connectivity index (χ0v) is 11.4. The topological polar surface area (TPSA) is 78.1 Å². The first kappa shape index (κ1) is 13.2. The van der Waals surface area contributed by atoms with Crippen molar-refractivity contribution in [2.24, 2.45) is 0 Å². The van der Waals surface area contributed by atoms with Crippen LogP contribution in [-0.4, -0.2) is 27.8 Å². The molecule has 2 heterocycles. The fourth-order valence-corrected chi connectivity index (χ4v) is 1.76. The summed E-state index contributed by atoms with van der Waals surface area (Å²) in [5, 5.41) is 7.72. The molecule has 0 spiro atoms. The second-order valence-corrected chi connectivity index (χ2v) is 4.10. The van der Waals surface area contributed by atoms with Gasteiger partial charge in [0.1, 0.15) is 0 Å². The van der Waals surface area contributed by atoms with Crippen molar-refractivity contribution in [3.05, 3.63) is 28.9 Å². The van der Waals surface area contributed by atoms with Gasteiger partial charge in [-0.3, -0.25) is 4.98 Å². The Morgan fingerprint density at radius 2 is 2.00 bits per heavy atom. The third kappa shape index (κ3) is 2.62. The van der Waals surface area contributed by atoms with E-state index in [1.807, 2.05) is 6.92 Å². The second kappa shape index (κ2) is 5.17. The van der Waals surface area contributed by atoms with Gasteiger partial charge < -0.3 is 9.15 Å². The van der Waals surface area contributed by atoms with E-state index in [2.05, 4.69) is 15.2 Å². The van der Waals surface area contributed by atoms with E-state index in [1.54, 1.807) is 26.8 Å². The van der Waals surface area contributed by atoms with Crippen molar-refractivity contribution in [2.75, 3.05) is 6.61 Å². The van der Waals surface area contributed by atoms with Crippen LogP contribution in [0.4, 0.5) is 0 Å². The summed E-state index contributed by atoms with van der Waals surface area (Å²) in [6.07, 6.45) is 0. The molecule has 0 aliphatic heterocycles. The van der Waals surface area contributed by atoms with E-state index in [0.717, 1.165) is 5.69 Å². The SMILES string of the molecule is CCOC(=O)c1cc(-c2nnc(C)o2)c(C)nc1C. The third-order valence-corrected chi connectivity index (χ3v) is 2.66. The third-order valence-electron chi connectivity index (χ3n) is 2.66. The Morgan fingerprint density at radius 1 is 1.26 bits per heavy atom. The molecule has 100 valence electrons. The lowest BCUT2D eigenvalue weighted by molar-refractivity contribution is 0.0525. The maximum atomic E-state index is 11.8. The summed E-state index contributed by atoms with van der Waals surface area (Å²) in [6.45, 7) is 7.39. The van der Waals surface area contributed by atoms with Crippen LogP contribution in [0.1, 0.15) is 34.6 Å². The highest BCUT2D eigenvalue weighted by Crippen LogP contribution is 2.23. The average Bonchev–Trinajstić information content (AvgIpc) is 2.76. The molecule has 2 aromatic rings. The minimum Gasteiger partial charge on any atom is -0.462 e. The summed E-state index contributed by atoms with van der Waals surface area (Å²) >= 11 is 0. The van der Waals surface area contributed by atoms with Crippen LogP contribution in [-0.2, 0) is 4.74 Å². The van der Waals surface area contributed by atoms with Gasteiger partial charge in [-0.2, -0.15) is 0 Å². The molecular formula is C13H15N3O3. The number of nitrogens with zero attached hydrogens (tertiary/aromatic N) is 3. The van der Waals surface area contributed by atoms with Gasteiger partial charge >= 0.3 is 5.97 Å². The molecule has 0 bridgehead atoms. The molecule has 6 heteroatoms. The molecule has 0 aliphatic carbocycles. The number of aromatic nitrogens is 3. The summed E-state index contributed by atoms with van der Waals surface area (Å²) in [7, 11) is 0. The Balaban J connectivity index is 2.50. The first-order valence-electron chi connectivity index (χ1n) is 5.98. The van der Waals surface area contributed by atoms with Crippen LogP contribution in [0.2, 0.25) is 0 Å². The first-order valence-corrected chi connectivity index (χ1v) is 5.98. The Labute approximate surface area is 110 Å². The Bertz CT molecular complexity index is 620. The minimum atomic E-state index is -0.398. The van der Waals surface area contributed by atoms with Crippen LogP contribution in [0.25, 0.3) is 11.5 Å². The van der Waals surface area contributed by atoms with E-state index in [9.17, 15) is 4.79 Å². The van der Waals surface area contributed by atoms with E-state index in [-0.39, 0.29) is 0 Å². The van der Waals surface area contributed by atoms with Crippen LogP contribution in [0.5, 0.6) is 0 Å². The molecule has 0 N–H and O–H groups in total. The van der Waals surface area contributed by atoms with E-state index < -0.39 is 5.97 Å². The molecule has 2 aromatic heterocycles. The average molecular weight is 261 g/mol. The van der Waals surface area contributed by atoms with Gasteiger partial charge in [0.25, 0.3) is 0 Å². The van der Waals surface area contributed by atoms with Crippen molar-refractivity contribution in [1.29, 1.82) is 0 Å². The van der Waals surface area contributed by atoms with Crippen LogP contribution < -0.4 is 0 Å². The lowest BCUT2D eigenvalue weighted by Crippen LogP contribution is -2.09. The van der Waals surface area contributed by atoms with E-state index in [4.69, 9.17) is 9.15 Å². The molecule has 0 aliphatic rings. The first-order chi connectivity index (χ1) is 9.02. The van der Waals surface area contributed by atoms with Gasteiger partial charge in [0.05, 0.1) is 29.1 Å². The molecule has 0 saturated heterocycles. The van der Waals surface area contributed by atoms with Gasteiger partial charge in [-0.15, -0.1) is 10.2 Å². The quantitative estimate of drug-likeness (QED) is 0.788. The lowest BCUT2D eigenvalue weighted by atomic mass is 10.1. The normalized spacial score (nSPS) is 10.5. The van der Waals surface area contributed by atoms with Crippen molar-refractivity contribution in [3.63, 3.8) is 0 Å². The number of carbonyl (C=O) groups excluding carboxylic acids is 1. The highest BCUT2D eigenvalue weighted by molar-refractivity contribution is 5.92. The van der Waals surface area contributed by atoms with Gasteiger partial charge in [0.15, 0.2) is 0 Å². The number of aryl methyl sites for hydroxylation is 3.